The van der Waals surface area contributed by atoms with Crippen molar-refractivity contribution in [2.45, 2.75) is 0 Å². The van der Waals surface area contributed by atoms with Crippen molar-refractivity contribution in [3.8, 4) is 0 Å². The quantitative estimate of drug-likeness (QED) is 0.898. The molecule has 1 aromatic heterocycles. The van der Waals surface area contributed by atoms with E-state index in [-0.39, 0.29) is 11.2 Å². The highest BCUT2D eigenvalue weighted by Gasteiger charge is 2.19. The molecule has 3 rings (SSSR count). The number of anilines is 2. The van der Waals surface area contributed by atoms with Gasteiger partial charge in [-0.15, -0.1) is 0 Å². The SMILES string of the molecule is Cn1c(=O)cc(N2CCN(c3cccc(Cl)c3)CC2)[nH]c1=O. The van der Waals surface area contributed by atoms with Crippen LogP contribution in [0.3, 0.4) is 0 Å². The molecular formula is C15H17ClN4O2. The average molecular weight is 321 g/mol. The van der Waals surface area contributed by atoms with E-state index in [1.54, 1.807) is 0 Å². The molecule has 0 radical (unpaired) electrons. The third-order valence-electron chi connectivity index (χ3n) is 3.92. The fourth-order valence-corrected chi connectivity index (χ4v) is 2.78. The summed E-state index contributed by atoms with van der Waals surface area (Å²) in [4.78, 5) is 30.4. The maximum absolute atomic E-state index is 11.7. The highest BCUT2D eigenvalue weighted by molar-refractivity contribution is 6.30. The standard InChI is InChI=1S/C15H17ClN4O2/c1-18-14(21)10-13(17-15(18)22)20-7-5-19(6-8-20)12-4-2-3-11(16)9-12/h2-4,9-10H,5-8H2,1H3,(H,17,22). The molecule has 0 aliphatic carbocycles. The highest BCUT2D eigenvalue weighted by atomic mass is 35.5. The molecule has 2 aromatic rings. The van der Waals surface area contributed by atoms with Crippen molar-refractivity contribution < 1.29 is 0 Å². The van der Waals surface area contributed by atoms with Gasteiger partial charge in [0, 0.05) is 50.0 Å². The van der Waals surface area contributed by atoms with Crippen molar-refractivity contribution in [2.75, 3.05) is 36.0 Å². The molecule has 0 bridgehead atoms. The summed E-state index contributed by atoms with van der Waals surface area (Å²) in [6.45, 7) is 3.07. The second-order valence-corrected chi connectivity index (χ2v) is 5.75. The third kappa shape index (κ3) is 2.87. The van der Waals surface area contributed by atoms with Crippen molar-refractivity contribution in [3.05, 3.63) is 56.2 Å². The topological polar surface area (TPSA) is 61.3 Å². The number of hydrogen-bond donors (Lipinski definition) is 1. The number of hydrogen-bond acceptors (Lipinski definition) is 4. The molecule has 116 valence electrons. The Labute approximate surface area is 132 Å². The van der Waals surface area contributed by atoms with Crippen LogP contribution in [0.5, 0.6) is 0 Å². The van der Waals surface area contributed by atoms with Crippen LogP contribution in [-0.2, 0) is 7.05 Å². The number of benzene rings is 1. The van der Waals surface area contributed by atoms with Gasteiger partial charge in [0.1, 0.15) is 5.82 Å². The molecule has 1 fully saturated rings. The summed E-state index contributed by atoms with van der Waals surface area (Å²) in [5.74, 6) is 0.582. The molecule has 0 saturated carbocycles. The van der Waals surface area contributed by atoms with Crippen molar-refractivity contribution in [3.63, 3.8) is 0 Å². The van der Waals surface area contributed by atoms with Gasteiger partial charge in [-0.1, -0.05) is 17.7 Å². The number of aromatic amines is 1. The Bertz CT molecular complexity index is 759. The molecular weight excluding hydrogens is 304 g/mol. The molecule has 7 heteroatoms. The van der Waals surface area contributed by atoms with E-state index in [0.717, 1.165) is 41.5 Å². The normalized spacial score (nSPS) is 15.2. The van der Waals surface area contributed by atoms with Crippen LogP contribution in [0.15, 0.2) is 39.9 Å². The molecule has 1 aliphatic heterocycles. The largest absolute Gasteiger partial charge is 0.368 e. The molecule has 0 spiro atoms. The third-order valence-corrected chi connectivity index (χ3v) is 4.16. The molecule has 0 atom stereocenters. The fraction of sp³-hybridized carbons (Fsp3) is 0.333. The van der Waals surface area contributed by atoms with Gasteiger partial charge in [0.05, 0.1) is 0 Å². The molecule has 0 amide bonds. The molecule has 1 saturated heterocycles. The Hall–Kier alpha value is -2.21. The Morgan fingerprint density at radius 1 is 1.05 bits per heavy atom. The summed E-state index contributed by atoms with van der Waals surface area (Å²) in [6, 6.07) is 9.23. The zero-order valence-corrected chi connectivity index (χ0v) is 13.0. The van der Waals surface area contributed by atoms with E-state index in [1.807, 2.05) is 29.2 Å². The van der Waals surface area contributed by atoms with Crippen LogP contribution in [0.4, 0.5) is 11.5 Å². The van der Waals surface area contributed by atoms with E-state index >= 15 is 0 Å². The first-order chi connectivity index (χ1) is 10.5. The maximum atomic E-state index is 11.7. The molecule has 6 nitrogen and oxygen atoms in total. The number of nitrogens with zero attached hydrogens (tertiary/aromatic N) is 3. The minimum atomic E-state index is -0.389. The first-order valence-corrected chi connectivity index (χ1v) is 7.48. The smallest absolute Gasteiger partial charge is 0.329 e. The van der Waals surface area contributed by atoms with Gasteiger partial charge in [0.2, 0.25) is 0 Å². The summed E-state index contributed by atoms with van der Waals surface area (Å²) in [5.41, 5.74) is 0.403. The number of rotatable bonds is 2. The Morgan fingerprint density at radius 2 is 1.73 bits per heavy atom. The number of halogens is 1. The second kappa shape index (κ2) is 5.88. The van der Waals surface area contributed by atoms with Crippen LogP contribution < -0.4 is 21.0 Å². The molecule has 1 aliphatic rings. The van der Waals surface area contributed by atoms with Gasteiger partial charge in [0.25, 0.3) is 5.56 Å². The van der Waals surface area contributed by atoms with Crippen molar-refractivity contribution >= 4 is 23.1 Å². The lowest BCUT2D eigenvalue weighted by Crippen LogP contribution is -2.48. The minimum Gasteiger partial charge on any atom is -0.368 e. The predicted octanol–water partition coefficient (Wildman–Crippen LogP) is 1.05. The molecule has 1 N–H and O–H groups in total. The van der Waals surface area contributed by atoms with Crippen LogP contribution in [-0.4, -0.2) is 35.7 Å². The van der Waals surface area contributed by atoms with Crippen LogP contribution in [0.25, 0.3) is 0 Å². The summed E-state index contributed by atoms with van der Waals surface area (Å²) in [6.07, 6.45) is 0. The summed E-state index contributed by atoms with van der Waals surface area (Å²) in [5, 5.41) is 0.718. The van der Waals surface area contributed by atoms with Crippen LogP contribution in [0, 0.1) is 0 Å². The summed E-state index contributed by atoms with van der Waals surface area (Å²) in [7, 11) is 1.46. The Kier molecular flexibility index (Phi) is 3.94. The van der Waals surface area contributed by atoms with E-state index in [9.17, 15) is 9.59 Å². The Morgan fingerprint density at radius 3 is 2.36 bits per heavy atom. The van der Waals surface area contributed by atoms with Crippen molar-refractivity contribution in [2.24, 2.45) is 7.05 Å². The van der Waals surface area contributed by atoms with Gasteiger partial charge in [0.15, 0.2) is 0 Å². The van der Waals surface area contributed by atoms with Gasteiger partial charge in [-0.25, -0.2) is 4.79 Å². The average Bonchev–Trinajstić information content (AvgIpc) is 2.52. The van der Waals surface area contributed by atoms with Crippen LogP contribution >= 0.6 is 11.6 Å². The number of H-pyrrole nitrogens is 1. The van der Waals surface area contributed by atoms with Gasteiger partial charge in [-0.2, -0.15) is 0 Å². The molecule has 0 unspecified atom stereocenters. The van der Waals surface area contributed by atoms with Gasteiger partial charge < -0.3 is 9.80 Å². The molecule has 1 aromatic carbocycles. The lowest BCUT2D eigenvalue weighted by atomic mass is 10.2. The zero-order chi connectivity index (χ0) is 15.7. The summed E-state index contributed by atoms with van der Waals surface area (Å²) >= 11 is 6.02. The van der Waals surface area contributed by atoms with Crippen molar-refractivity contribution in [1.29, 1.82) is 0 Å². The number of aromatic nitrogens is 2. The summed E-state index contributed by atoms with van der Waals surface area (Å²) < 4.78 is 1.06. The number of piperazine rings is 1. The zero-order valence-electron chi connectivity index (χ0n) is 12.3. The van der Waals surface area contributed by atoms with Crippen LogP contribution in [0.1, 0.15) is 0 Å². The van der Waals surface area contributed by atoms with E-state index in [2.05, 4.69) is 9.88 Å². The van der Waals surface area contributed by atoms with Gasteiger partial charge >= 0.3 is 5.69 Å². The molecule has 22 heavy (non-hydrogen) atoms. The minimum absolute atomic E-state index is 0.295. The predicted molar refractivity (Wildman–Crippen MR) is 88.2 cm³/mol. The van der Waals surface area contributed by atoms with E-state index in [1.165, 1.54) is 13.1 Å². The first-order valence-electron chi connectivity index (χ1n) is 7.10. The monoisotopic (exact) mass is 320 g/mol. The lowest BCUT2D eigenvalue weighted by Gasteiger charge is -2.37. The molecule has 2 heterocycles. The van der Waals surface area contributed by atoms with Gasteiger partial charge in [-0.3, -0.25) is 14.3 Å². The fourth-order valence-electron chi connectivity index (χ4n) is 2.59. The van der Waals surface area contributed by atoms with E-state index in [0.29, 0.717) is 5.82 Å². The number of nitrogens with one attached hydrogen (secondary N) is 1. The lowest BCUT2D eigenvalue weighted by molar-refractivity contribution is 0.640. The van der Waals surface area contributed by atoms with Gasteiger partial charge in [-0.05, 0) is 18.2 Å². The Balaban J connectivity index is 1.74. The van der Waals surface area contributed by atoms with Crippen molar-refractivity contribution in [1.82, 2.24) is 9.55 Å². The maximum Gasteiger partial charge on any atom is 0.329 e. The first kappa shape index (κ1) is 14.7. The van der Waals surface area contributed by atoms with E-state index in [4.69, 9.17) is 11.6 Å². The van der Waals surface area contributed by atoms with Crippen LogP contribution in [0.2, 0.25) is 5.02 Å². The second-order valence-electron chi connectivity index (χ2n) is 5.31. The van der Waals surface area contributed by atoms with E-state index < -0.39 is 0 Å². The highest BCUT2D eigenvalue weighted by Crippen LogP contribution is 2.21.